The van der Waals surface area contributed by atoms with Gasteiger partial charge in [-0.1, -0.05) is 6.07 Å². The fourth-order valence-electron chi connectivity index (χ4n) is 1.08. The van der Waals surface area contributed by atoms with Crippen molar-refractivity contribution in [1.82, 2.24) is 0 Å². The molecule has 0 spiro atoms. The fraction of sp³-hybridized carbons (Fsp3) is 0.300. The van der Waals surface area contributed by atoms with Gasteiger partial charge in [0.05, 0.1) is 11.6 Å². The molecule has 0 bridgehead atoms. The molecule has 0 saturated heterocycles. The van der Waals surface area contributed by atoms with Crippen LogP contribution in [-0.2, 0) is 0 Å². The summed E-state index contributed by atoms with van der Waals surface area (Å²) in [5.41, 5.74) is 5.17. The van der Waals surface area contributed by atoms with Crippen molar-refractivity contribution in [3.63, 3.8) is 0 Å². The van der Waals surface area contributed by atoms with Crippen molar-refractivity contribution in [1.29, 1.82) is 0 Å². The third-order valence-electron chi connectivity index (χ3n) is 1.95. The van der Waals surface area contributed by atoms with Gasteiger partial charge >= 0.3 is 0 Å². The zero-order valence-electron chi connectivity index (χ0n) is 7.97. The molecule has 2 N–H and O–H groups in total. The zero-order valence-corrected chi connectivity index (χ0v) is 7.97. The number of hydrogen-bond donors (Lipinski definition) is 1. The first-order chi connectivity index (χ1) is 6.45. The van der Waals surface area contributed by atoms with Crippen LogP contribution in [0.1, 0.15) is 22.8 Å². The molecular weight excluding hydrogens is 188 g/mol. The Hall–Kier alpha value is -1.29. The van der Waals surface area contributed by atoms with E-state index >= 15 is 0 Å². The molecule has 0 aliphatic rings. The molecule has 0 amide bonds. The van der Waals surface area contributed by atoms with Crippen molar-refractivity contribution in [2.45, 2.75) is 19.9 Å². The molecule has 4 heteroatoms. The topological polar surface area (TPSA) is 43.1 Å². The summed E-state index contributed by atoms with van der Waals surface area (Å²) in [6, 6.07) is 1.78. The Balaban J connectivity index is 3.24. The van der Waals surface area contributed by atoms with Crippen LogP contribution in [0.5, 0.6) is 0 Å². The quantitative estimate of drug-likeness (QED) is 0.738. The summed E-state index contributed by atoms with van der Waals surface area (Å²) in [4.78, 5) is 11.3. The van der Waals surface area contributed by atoms with Crippen LogP contribution in [-0.4, -0.2) is 11.8 Å². The molecule has 1 unspecified atom stereocenters. The lowest BCUT2D eigenvalue weighted by atomic mass is 10.0. The summed E-state index contributed by atoms with van der Waals surface area (Å²) in [5, 5.41) is 0. The first-order valence-electron chi connectivity index (χ1n) is 4.19. The zero-order chi connectivity index (χ0) is 10.9. The number of nitrogens with two attached hydrogens (primary N) is 1. The first kappa shape index (κ1) is 10.8. The second-order valence-corrected chi connectivity index (χ2v) is 3.21. The van der Waals surface area contributed by atoms with Gasteiger partial charge in [0, 0.05) is 0 Å². The number of benzene rings is 1. The second kappa shape index (κ2) is 3.84. The van der Waals surface area contributed by atoms with E-state index in [2.05, 4.69) is 0 Å². The molecule has 76 valence electrons. The van der Waals surface area contributed by atoms with Gasteiger partial charge in [0.25, 0.3) is 0 Å². The normalized spacial score (nSPS) is 12.6. The lowest BCUT2D eigenvalue weighted by molar-refractivity contribution is 0.0963. The van der Waals surface area contributed by atoms with Gasteiger partial charge in [0.1, 0.15) is 0 Å². The van der Waals surface area contributed by atoms with Crippen molar-refractivity contribution in [2.24, 2.45) is 5.73 Å². The van der Waals surface area contributed by atoms with Crippen molar-refractivity contribution in [3.8, 4) is 0 Å². The lowest BCUT2D eigenvalue weighted by Gasteiger charge is -2.07. The molecule has 0 fully saturated rings. The second-order valence-electron chi connectivity index (χ2n) is 3.21. The Morgan fingerprint density at radius 2 is 1.93 bits per heavy atom. The average Bonchev–Trinajstić information content (AvgIpc) is 2.13. The number of carbonyl (C=O) groups is 1. The Bertz CT molecular complexity index is 375. The standard InChI is InChI=1S/C10H11F2NO/c1-5-3-4-7(9(12)8(5)11)10(14)6(2)13/h3-4,6H,13H2,1-2H3. The minimum Gasteiger partial charge on any atom is -0.321 e. The van der Waals surface area contributed by atoms with Gasteiger partial charge < -0.3 is 5.73 Å². The number of ketones is 1. The molecule has 0 radical (unpaired) electrons. The average molecular weight is 199 g/mol. The SMILES string of the molecule is Cc1ccc(C(=O)C(C)N)c(F)c1F. The van der Waals surface area contributed by atoms with Crippen LogP contribution in [0.15, 0.2) is 12.1 Å². The maximum Gasteiger partial charge on any atom is 0.182 e. The Kier molecular flexibility index (Phi) is 2.96. The maximum absolute atomic E-state index is 13.2. The molecule has 1 atom stereocenters. The third kappa shape index (κ3) is 1.80. The highest BCUT2D eigenvalue weighted by Crippen LogP contribution is 2.16. The fourth-order valence-corrected chi connectivity index (χ4v) is 1.08. The van der Waals surface area contributed by atoms with E-state index in [-0.39, 0.29) is 11.1 Å². The van der Waals surface area contributed by atoms with Crippen molar-refractivity contribution in [3.05, 3.63) is 34.9 Å². The number of carbonyl (C=O) groups excluding carboxylic acids is 1. The van der Waals surface area contributed by atoms with E-state index in [1.165, 1.54) is 26.0 Å². The molecule has 0 heterocycles. The molecule has 0 saturated carbocycles. The Labute approximate surface area is 80.7 Å². The van der Waals surface area contributed by atoms with Crippen molar-refractivity contribution < 1.29 is 13.6 Å². The van der Waals surface area contributed by atoms with E-state index in [0.717, 1.165) is 0 Å². The van der Waals surface area contributed by atoms with E-state index in [0.29, 0.717) is 0 Å². The Morgan fingerprint density at radius 3 is 2.43 bits per heavy atom. The van der Waals surface area contributed by atoms with Gasteiger partial charge in [-0.3, -0.25) is 4.79 Å². The number of halogens is 2. The summed E-state index contributed by atoms with van der Waals surface area (Å²) in [5.74, 6) is -2.70. The van der Waals surface area contributed by atoms with Crippen LogP contribution in [0.25, 0.3) is 0 Å². The van der Waals surface area contributed by atoms with Gasteiger partial charge in [0.2, 0.25) is 0 Å². The first-order valence-corrected chi connectivity index (χ1v) is 4.19. The maximum atomic E-state index is 13.2. The van der Waals surface area contributed by atoms with Crippen LogP contribution in [0, 0.1) is 18.6 Å². The van der Waals surface area contributed by atoms with Crippen LogP contribution >= 0.6 is 0 Å². The van der Waals surface area contributed by atoms with Gasteiger partial charge in [-0.2, -0.15) is 0 Å². The summed E-state index contributed by atoms with van der Waals surface area (Å²) >= 11 is 0. The van der Waals surface area contributed by atoms with Gasteiger partial charge in [-0.25, -0.2) is 8.78 Å². The number of Topliss-reactive ketones (excluding diaryl/α,β-unsaturated/α-hetero) is 1. The van der Waals surface area contributed by atoms with Crippen LogP contribution in [0.2, 0.25) is 0 Å². The van der Waals surface area contributed by atoms with E-state index < -0.39 is 23.5 Å². The predicted molar refractivity (Wildman–Crippen MR) is 49.1 cm³/mol. The molecule has 0 aromatic heterocycles. The van der Waals surface area contributed by atoms with Gasteiger partial charge in [0.15, 0.2) is 17.4 Å². The molecule has 1 aromatic carbocycles. The van der Waals surface area contributed by atoms with E-state index in [9.17, 15) is 13.6 Å². The highest BCUT2D eigenvalue weighted by atomic mass is 19.2. The van der Waals surface area contributed by atoms with Crippen LogP contribution in [0.4, 0.5) is 8.78 Å². The molecular formula is C10H11F2NO. The van der Waals surface area contributed by atoms with Gasteiger partial charge in [-0.15, -0.1) is 0 Å². The molecule has 0 aliphatic carbocycles. The van der Waals surface area contributed by atoms with Crippen molar-refractivity contribution >= 4 is 5.78 Å². The van der Waals surface area contributed by atoms with Crippen LogP contribution in [0.3, 0.4) is 0 Å². The largest absolute Gasteiger partial charge is 0.321 e. The summed E-state index contributed by atoms with van der Waals surface area (Å²) in [6.07, 6.45) is 0. The summed E-state index contributed by atoms with van der Waals surface area (Å²) in [6.45, 7) is 2.86. The summed E-state index contributed by atoms with van der Waals surface area (Å²) in [7, 11) is 0. The summed E-state index contributed by atoms with van der Waals surface area (Å²) < 4.78 is 26.3. The minimum atomic E-state index is -1.12. The highest BCUT2D eigenvalue weighted by molar-refractivity contribution is 5.99. The number of hydrogen-bond acceptors (Lipinski definition) is 2. The smallest absolute Gasteiger partial charge is 0.182 e. The molecule has 1 aromatic rings. The molecule has 0 aliphatic heterocycles. The lowest BCUT2D eigenvalue weighted by Crippen LogP contribution is -2.27. The number of aryl methyl sites for hydroxylation is 1. The minimum absolute atomic E-state index is 0.170. The number of rotatable bonds is 2. The van der Waals surface area contributed by atoms with Crippen LogP contribution < -0.4 is 5.73 Å². The predicted octanol–water partition coefficient (Wildman–Crippen LogP) is 1.80. The monoisotopic (exact) mass is 199 g/mol. The molecule has 1 rings (SSSR count). The Morgan fingerprint density at radius 1 is 1.36 bits per heavy atom. The van der Waals surface area contributed by atoms with Gasteiger partial charge in [-0.05, 0) is 25.5 Å². The highest BCUT2D eigenvalue weighted by Gasteiger charge is 2.19. The molecule has 14 heavy (non-hydrogen) atoms. The van der Waals surface area contributed by atoms with E-state index in [4.69, 9.17) is 5.73 Å². The van der Waals surface area contributed by atoms with E-state index in [1.807, 2.05) is 0 Å². The molecule has 2 nitrogen and oxygen atoms in total. The van der Waals surface area contributed by atoms with Crippen molar-refractivity contribution in [2.75, 3.05) is 0 Å². The third-order valence-corrected chi connectivity index (χ3v) is 1.95. The van der Waals surface area contributed by atoms with E-state index in [1.54, 1.807) is 0 Å².